The molecule has 0 aromatic heterocycles. The second kappa shape index (κ2) is 3.73. The molecule has 0 spiro atoms. The molecule has 0 aliphatic heterocycles. The highest BCUT2D eigenvalue weighted by molar-refractivity contribution is 5.96. The van der Waals surface area contributed by atoms with E-state index in [4.69, 9.17) is 0 Å². The molecular formula is C12H16O. The molecule has 0 N–H and O–H groups in total. The smallest absolute Gasteiger partial charge is 0.160 e. The molecule has 1 aromatic rings. The Morgan fingerprint density at radius 2 is 1.92 bits per heavy atom. The summed E-state index contributed by atoms with van der Waals surface area (Å²) < 4.78 is 0. The van der Waals surface area contributed by atoms with E-state index in [1.54, 1.807) is 6.92 Å². The van der Waals surface area contributed by atoms with Crippen LogP contribution in [0.15, 0.2) is 12.1 Å². The first-order valence-electron chi connectivity index (χ1n) is 4.67. The third-order valence-corrected chi connectivity index (χ3v) is 2.42. The molecule has 0 fully saturated rings. The van der Waals surface area contributed by atoms with E-state index in [1.165, 1.54) is 11.1 Å². The van der Waals surface area contributed by atoms with Gasteiger partial charge in [-0.1, -0.05) is 18.6 Å². The molecule has 0 bridgehead atoms. The van der Waals surface area contributed by atoms with Crippen molar-refractivity contribution >= 4 is 5.78 Å². The zero-order valence-corrected chi connectivity index (χ0v) is 8.77. The summed E-state index contributed by atoms with van der Waals surface area (Å²) in [5.41, 5.74) is 4.47. The molecule has 1 rings (SSSR count). The van der Waals surface area contributed by atoms with Crippen molar-refractivity contribution in [3.8, 4) is 0 Å². The van der Waals surface area contributed by atoms with Crippen LogP contribution >= 0.6 is 0 Å². The number of carbonyl (C=O) groups is 1. The first kappa shape index (κ1) is 9.97. The van der Waals surface area contributed by atoms with Gasteiger partial charge in [0.25, 0.3) is 0 Å². The molecule has 0 unspecified atom stereocenters. The van der Waals surface area contributed by atoms with Crippen molar-refractivity contribution in [2.45, 2.75) is 34.1 Å². The molecule has 13 heavy (non-hydrogen) atoms. The molecular weight excluding hydrogens is 160 g/mol. The Bertz CT molecular complexity index is 337. The van der Waals surface area contributed by atoms with Gasteiger partial charge >= 0.3 is 0 Å². The van der Waals surface area contributed by atoms with Crippen LogP contribution in [-0.2, 0) is 6.42 Å². The zero-order chi connectivity index (χ0) is 10.0. The molecule has 0 saturated heterocycles. The summed E-state index contributed by atoms with van der Waals surface area (Å²) >= 11 is 0. The first-order valence-corrected chi connectivity index (χ1v) is 4.67. The standard InChI is InChI=1S/C12H16O/c1-5-11-6-8(2)7-12(9(11)3)10(4)13/h6-7H,5H2,1-4H3. The fourth-order valence-corrected chi connectivity index (χ4v) is 1.67. The van der Waals surface area contributed by atoms with Crippen LogP contribution in [-0.4, -0.2) is 5.78 Å². The average Bonchev–Trinajstić information content (AvgIpc) is 2.08. The van der Waals surface area contributed by atoms with E-state index in [9.17, 15) is 4.79 Å². The summed E-state index contributed by atoms with van der Waals surface area (Å²) in [6.45, 7) is 7.80. The highest BCUT2D eigenvalue weighted by atomic mass is 16.1. The van der Waals surface area contributed by atoms with Gasteiger partial charge in [0.15, 0.2) is 5.78 Å². The molecule has 0 heterocycles. The number of hydrogen-bond donors (Lipinski definition) is 0. The zero-order valence-electron chi connectivity index (χ0n) is 8.77. The van der Waals surface area contributed by atoms with Crippen LogP contribution in [0, 0.1) is 13.8 Å². The van der Waals surface area contributed by atoms with Crippen LogP contribution in [0.3, 0.4) is 0 Å². The quantitative estimate of drug-likeness (QED) is 0.633. The average molecular weight is 176 g/mol. The lowest BCUT2D eigenvalue weighted by atomic mass is 9.96. The number of hydrogen-bond acceptors (Lipinski definition) is 1. The van der Waals surface area contributed by atoms with Crippen LogP contribution in [0.4, 0.5) is 0 Å². The van der Waals surface area contributed by atoms with Gasteiger partial charge in [0, 0.05) is 5.56 Å². The van der Waals surface area contributed by atoms with Crippen LogP contribution in [0.1, 0.15) is 40.9 Å². The van der Waals surface area contributed by atoms with Crippen molar-refractivity contribution in [3.63, 3.8) is 0 Å². The van der Waals surface area contributed by atoms with Crippen LogP contribution < -0.4 is 0 Å². The van der Waals surface area contributed by atoms with E-state index >= 15 is 0 Å². The minimum absolute atomic E-state index is 0.163. The lowest BCUT2D eigenvalue weighted by Crippen LogP contribution is -2.00. The van der Waals surface area contributed by atoms with E-state index in [-0.39, 0.29) is 5.78 Å². The van der Waals surface area contributed by atoms with Gasteiger partial charge in [0.2, 0.25) is 0 Å². The Balaban J connectivity index is 3.35. The van der Waals surface area contributed by atoms with Gasteiger partial charge in [-0.25, -0.2) is 0 Å². The maximum atomic E-state index is 11.3. The third kappa shape index (κ3) is 1.97. The molecule has 0 amide bonds. The summed E-state index contributed by atoms with van der Waals surface area (Å²) in [5.74, 6) is 0.163. The van der Waals surface area contributed by atoms with Crippen molar-refractivity contribution in [3.05, 3.63) is 34.4 Å². The Labute approximate surface area is 79.8 Å². The van der Waals surface area contributed by atoms with Crippen LogP contribution in [0.2, 0.25) is 0 Å². The van der Waals surface area contributed by atoms with Gasteiger partial charge in [0.1, 0.15) is 0 Å². The van der Waals surface area contributed by atoms with Gasteiger partial charge in [-0.05, 0) is 44.4 Å². The second-order valence-electron chi connectivity index (χ2n) is 3.51. The van der Waals surface area contributed by atoms with Gasteiger partial charge < -0.3 is 0 Å². The van der Waals surface area contributed by atoms with Gasteiger partial charge in [0.05, 0.1) is 0 Å². The number of benzene rings is 1. The summed E-state index contributed by atoms with van der Waals surface area (Å²) in [7, 11) is 0. The Hall–Kier alpha value is -1.11. The molecule has 1 aromatic carbocycles. The van der Waals surface area contributed by atoms with E-state index in [1.807, 2.05) is 19.9 Å². The molecule has 1 heteroatoms. The fourth-order valence-electron chi connectivity index (χ4n) is 1.67. The van der Waals surface area contributed by atoms with Crippen molar-refractivity contribution in [1.29, 1.82) is 0 Å². The van der Waals surface area contributed by atoms with Crippen LogP contribution in [0.5, 0.6) is 0 Å². The van der Waals surface area contributed by atoms with Crippen LogP contribution in [0.25, 0.3) is 0 Å². The van der Waals surface area contributed by atoms with Crippen molar-refractivity contribution in [2.75, 3.05) is 0 Å². The number of Topliss-reactive ketones (excluding diaryl/α,β-unsaturated/α-hetero) is 1. The topological polar surface area (TPSA) is 17.1 Å². The molecule has 0 aliphatic carbocycles. The summed E-state index contributed by atoms with van der Waals surface area (Å²) in [5, 5.41) is 0. The predicted octanol–water partition coefficient (Wildman–Crippen LogP) is 3.07. The van der Waals surface area contributed by atoms with E-state index in [0.29, 0.717) is 0 Å². The van der Waals surface area contributed by atoms with E-state index in [0.717, 1.165) is 17.5 Å². The predicted molar refractivity (Wildman–Crippen MR) is 55.3 cm³/mol. The highest BCUT2D eigenvalue weighted by Crippen LogP contribution is 2.17. The Kier molecular flexibility index (Phi) is 2.86. The van der Waals surface area contributed by atoms with Crippen molar-refractivity contribution < 1.29 is 4.79 Å². The number of rotatable bonds is 2. The SMILES string of the molecule is CCc1cc(C)cc(C(C)=O)c1C. The normalized spacial score (nSPS) is 10.2. The first-order chi connectivity index (χ1) is 6.06. The lowest BCUT2D eigenvalue weighted by molar-refractivity contribution is 0.101. The molecule has 0 atom stereocenters. The largest absolute Gasteiger partial charge is 0.295 e. The van der Waals surface area contributed by atoms with E-state index in [2.05, 4.69) is 13.0 Å². The molecule has 0 aliphatic rings. The second-order valence-corrected chi connectivity index (χ2v) is 3.51. The maximum Gasteiger partial charge on any atom is 0.160 e. The van der Waals surface area contributed by atoms with Gasteiger partial charge in [-0.3, -0.25) is 4.79 Å². The molecule has 0 radical (unpaired) electrons. The van der Waals surface area contributed by atoms with Gasteiger partial charge in [-0.2, -0.15) is 0 Å². The van der Waals surface area contributed by atoms with Crippen molar-refractivity contribution in [2.24, 2.45) is 0 Å². The lowest BCUT2D eigenvalue weighted by Gasteiger charge is -2.09. The van der Waals surface area contributed by atoms with E-state index < -0.39 is 0 Å². The van der Waals surface area contributed by atoms with Gasteiger partial charge in [-0.15, -0.1) is 0 Å². The minimum atomic E-state index is 0.163. The fraction of sp³-hybridized carbons (Fsp3) is 0.417. The monoisotopic (exact) mass is 176 g/mol. The molecule has 70 valence electrons. The maximum absolute atomic E-state index is 11.3. The van der Waals surface area contributed by atoms with Crippen molar-refractivity contribution in [1.82, 2.24) is 0 Å². The number of carbonyl (C=O) groups excluding carboxylic acids is 1. The summed E-state index contributed by atoms with van der Waals surface area (Å²) in [6.07, 6.45) is 0.994. The minimum Gasteiger partial charge on any atom is -0.295 e. The Morgan fingerprint density at radius 3 is 2.38 bits per heavy atom. The number of aryl methyl sites for hydroxylation is 2. The summed E-state index contributed by atoms with van der Waals surface area (Å²) in [4.78, 5) is 11.3. The number of ketones is 1. The highest BCUT2D eigenvalue weighted by Gasteiger charge is 2.07. The molecule has 0 saturated carbocycles. The molecule has 1 nitrogen and oxygen atoms in total. The third-order valence-electron chi connectivity index (χ3n) is 2.42. The summed E-state index contributed by atoms with van der Waals surface area (Å²) in [6, 6.07) is 4.12. The Morgan fingerprint density at radius 1 is 1.31 bits per heavy atom.